The lowest BCUT2D eigenvalue weighted by Crippen LogP contribution is -2.33. The number of hydrogen-bond acceptors (Lipinski definition) is 2. The summed E-state index contributed by atoms with van der Waals surface area (Å²) >= 11 is 0. The Balaban J connectivity index is 1.47. The second-order valence-electron chi connectivity index (χ2n) is 8.58. The molecule has 1 aliphatic heterocycles. The van der Waals surface area contributed by atoms with Crippen LogP contribution in [0.3, 0.4) is 0 Å². The highest BCUT2D eigenvalue weighted by atomic mass is 19.1. The Labute approximate surface area is 179 Å². The molecule has 158 valence electrons. The Bertz CT molecular complexity index is 950. The molecule has 0 amide bonds. The zero-order valence-electron chi connectivity index (χ0n) is 17.9. The van der Waals surface area contributed by atoms with Crippen molar-refractivity contribution in [1.82, 2.24) is 4.90 Å². The number of likely N-dealkylation sites (tertiary alicyclic amines) is 1. The third kappa shape index (κ3) is 5.20. The Morgan fingerprint density at radius 1 is 0.900 bits per heavy atom. The number of halogens is 1. The minimum atomic E-state index is -0.112. The van der Waals surface area contributed by atoms with Crippen molar-refractivity contribution in [2.45, 2.75) is 38.5 Å². The number of benzene rings is 3. The van der Waals surface area contributed by atoms with E-state index < -0.39 is 0 Å². The second-order valence-corrected chi connectivity index (χ2v) is 8.58. The summed E-state index contributed by atoms with van der Waals surface area (Å²) in [4.78, 5) is 2.56. The van der Waals surface area contributed by atoms with Crippen molar-refractivity contribution in [3.63, 3.8) is 0 Å². The first kappa shape index (κ1) is 20.9. The molecule has 0 radical (unpaired) electrons. The molecule has 0 spiro atoms. The molecule has 0 aliphatic carbocycles. The first-order chi connectivity index (χ1) is 14.7. The standard InChI is InChI=1S/C27H32FNO/c1-21(26-11-5-6-12-27(26)28)24(15-18-29-16-7-2-8-17-29)20-30-25-14-13-22-9-3-4-10-23(22)19-25/h3-6,9-14,19,21,24H,2,7-8,15-18,20H2,1H3. The predicted molar refractivity (Wildman–Crippen MR) is 123 cm³/mol. The van der Waals surface area contributed by atoms with E-state index in [9.17, 15) is 4.39 Å². The molecule has 2 unspecified atom stereocenters. The first-order valence-corrected chi connectivity index (χ1v) is 11.3. The summed E-state index contributed by atoms with van der Waals surface area (Å²) in [5.74, 6) is 1.14. The van der Waals surface area contributed by atoms with Gasteiger partial charge in [-0.1, -0.05) is 61.9 Å². The number of fused-ring (bicyclic) bond motifs is 1. The summed E-state index contributed by atoms with van der Waals surface area (Å²) < 4.78 is 20.7. The SMILES string of the molecule is CC(c1ccccc1F)C(CCN1CCCCC1)COc1ccc2ccccc2c1. The molecule has 3 aromatic rings. The fourth-order valence-corrected chi connectivity index (χ4v) is 4.57. The summed E-state index contributed by atoms with van der Waals surface area (Å²) in [6.07, 6.45) is 4.95. The van der Waals surface area contributed by atoms with Gasteiger partial charge in [0.25, 0.3) is 0 Å². The molecule has 0 N–H and O–H groups in total. The fraction of sp³-hybridized carbons (Fsp3) is 0.407. The van der Waals surface area contributed by atoms with Crippen molar-refractivity contribution in [3.8, 4) is 5.75 Å². The van der Waals surface area contributed by atoms with Crippen molar-refractivity contribution in [1.29, 1.82) is 0 Å². The maximum absolute atomic E-state index is 14.5. The number of piperidine rings is 1. The molecule has 0 bridgehead atoms. The molecule has 3 heteroatoms. The average molecular weight is 406 g/mol. The third-order valence-electron chi connectivity index (χ3n) is 6.55. The highest BCUT2D eigenvalue weighted by molar-refractivity contribution is 5.83. The van der Waals surface area contributed by atoms with Crippen molar-refractivity contribution >= 4 is 10.8 Å². The van der Waals surface area contributed by atoms with Crippen LogP contribution in [0.15, 0.2) is 66.7 Å². The zero-order chi connectivity index (χ0) is 20.8. The number of nitrogens with zero attached hydrogens (tertiary/aromatic N) is 1. The van der Waals surface area contributed by atoms with E-state index in [1.165, 1.54) is 43.1 Å². The lowest BCUT2D eigenvalue weighted by molar-refractivity contribution is 0.173. The van der Waals surface area contributed by atoms with Crippen LogP contribution in [0.2, 0.25) is 0 Å². The zero-order valence-corrected chi connectivity index (χ0v) is 17.9. The second kappa shape index (κ2) is 10.1. The van der Waals surface area contributed by atoms with E-state index in [0.717, 1.165) is 24.3 Å². The van der Waals surface area contributed by atoms with Gasteiger partial charge >= 0.3 is 0 Å². The Morgan fingerprint density at radius 3 is 2.43 bits per heavy atom. The maximum Gasteiger partial charge on any atom is 0.126 e. The number of hydrogen-bond donors (Lipinski definition) is 0. The lowest BCUT2D eigenvalue weighted by atomic mass is 9.85. The van der Waals surface area contributed by atoms with Crippen molar-refractivity contribution in [2.75, 3.05) is 26.2 Å². The van der Waals surface area contributed by atoms with Gasteiger partial charge < -0.3 is 9.64 Å². The van der Waals surface area contributed by atoms with Gasteiger partial charge in [-0.15, -0.1) is 0 Å². The maximum atomic E-state index is 14.5. The van der Waals surface area contributed by atoms with E-state index in [4.69, 9.17) is 4.74 Å². The molecule has 3 aromatic carbocycles. The summed E-state index contributed by atoms with van der Waals surface area (Å²) in [5, 5.41) is 2.40. The van der Waals surface area contributed by atoms with Crippen LogP contribution < -0.4 is 4.74 Å². The summed E-state index contributed by atoms with van der Waals surface area (Å²) in [7, 11) is 0. The van der Waals surface area contributed by atoms with Crippen LogP contribution in [0.1, 0.15) is 44.1 Å². The van der Waals surface area contributed by atoms with Gasteiger partial charge in [0.2, 0.25) is 0 Å². The molecule has 1 heterocycles. The topological polar surface area (TPSA) is 12.5 Å². The largest absolute Gasteiger partial charge is 0.493 e. The van der Waals surface area contributed by atoms with Gasteiger partial charge in [-0.05, 0) is 79.3 Å². The van der Waals surface area contributed by atoms with E-state index in [2.05, 4.69) is 42.2 Å². The normalized spacial score (nSPS) is 17.0. The smallest absolute Gasteiger partial charge is 0.126 e. The molecule has 0 aromatic heterocycles. The van der Waals surface area contributed by atoms with Gasteiger partial charge in [0.15, 0.2) is 0 Å². The number of rotatable bonds is 8. The Kier molecular flexibility index (Phi) is 7.01. The highest BCUT2D eigenvalue weighted by Gasteiger charge is 2.23. The monoisotopic (exact) mass is 405 g/mol. The van der Waals surface area contributed by atoms with Gasteiger partial charge in [-0.25, -0.2) is 4.39 Å². The highest BCUT2D eigenvalue weighted by Crippen LogP contribution is 2.31. The number of ether oxygens (including phenoxy) is 1. The van der Waals surface area contributed by atoms with Crippen LogP contribution in [0.25, 0.3) is 10.8 Å². The minimum Gasteiger partial charge on any atom is -0.493 e. The van der Waals surface area contributed by atoms with E-state index in [0.29, 0.717) is 6.61 Å². The van der Waals surface area contributed by atoms with Gasteiger partial charge in [0.1, 0.15) is 11.6 Å². The fourth-order valence-electron chi connectivity index (χ4n) is 4.57. The summed E-state index contributed by atoms with van der Waals surface area (Å²) in [6, 6.07) is 21.8. The molecule has 4 rings (SSSR count). The van der Waals surface area contributed by atoms with E-state index in [1.807, 2.05) is 24.3 Å². The van der Waals surface area contributed by atoms with Gasteiger partial charge in [0.05, 0.1) is 6.61 Å². The van der Waals surface area contributed by atoms with Crippen LogP contribution in [-0.2, 0) is 0 Å². The molecule has 1 aliphatic rings. The van der Waals surface area contributed by atoms with Crippen molar-refractivity contribution in [2.24, 2.45) is 5.92 Å². The minimum absolute atomic E-state index is 0.108. The molecule has 1 saturated heterocycles. The third-order valence-corrected chi connectivity index (χ3v) is 6.55. The lowest BCUT2D eigenvalue weighted by Gasteiger charge is -2.30. The summed E-state index contributed by atoms with van der Waals surface area (Å²) in [5.41, 5.74) is 0.795. The average Bonchev–Trinajstić information content (AvgIpc) is 2.79. The van der Waals surface area contributed by atoms with Crippen LogP contribution in [0.5, 0.6) is 5.75 Å². The molecule has 1 fully saturated rings. The predicted octanol–water partition coefficient (Wildman–Crippen LogP) is 6.65. The molecule has 2 atom stereocenters. The molecule has 2 nitrogen and oxygen atoms in total. The quantitative estimate of drug-likeness (QED) is 0.416. The van der Waals surface area contributed by atoms with E-state index in [1.54, 1.807) is 12.1 Å². The van der Waals surface area contributed by atoms with Crippen LogP contribution >= 0.6 is 0 Å². The van der Waals surface area contributed by atoms with E-state index in [-0.39, 0.29) is 17.7 Å². The van der Waals surface area contributed by atoms with Crippen molar-refractivity contribution in [3.05, 3.63) is 78.1 Å². The molecular weight excluding hydrogens is 373 g/mol. The van der Waals surface area contributed by atoms with Crippen LogP contribution in [0, 0.1) is 11.7 Å². The Hall–Kier alpha value is -2.39. The van der Waals surface area contributed by atoms with Gasteiger partial charge in [-0.2, -0.15) is 0 Å². The first-order valence-electron chi connectivity index (χ1n) is 11.3. The van der Waals surface area contributed by atoms with Crippen LogP contribution in [-0.4, -0.2) is 31.1 Å². The van der Waals surface area contributed by atoms with Crippen molar-refractivity contribution < 1.29 is 9.13 Å². The summed E-state index contributed by atoms with van der Waals surface area (Å²) in [6.45, 7) is 6.17. The Morgan fingerprint density at radius 2 is 1.63 bits per heavy atom. The van der Waals surface area contributed by atoms with E-state index >= 15 is 0 Å². The molecule has 0 saturated carbocycles. The van der Waals surface area contributed by atoms with Gasteiger partial charge in [0, 0.05) is 5.92 Å². The molecule has 30 heavy (non-hydrogen) atoms. The molecular formula is C27H32FNO. The van der Waals surface area contributed by atoms with Crippen LogP contribution in [0.4, 0.5) is 4.39 Å². The van der Waals surface area contributed by atoms with Gasteiger partial charge in [-0.3, -0.25) is 0 Å².